The van der Waals surface area contributed by atoms with Gasteiger partial charge in [0.05, 0.1) is 11.3 Å². The summed E-state index contributed by atoms with van der Waals surface area (Å²) in [4.78, 5) is 24.8. The Kier molecular flexibility index (Phi) is 4.62. The minimum Gasteiger partial charge on any atom is -0.355 e. The second kappa shape index (κ2) is 7.03. The smallest absolute Gasteiger partial charge is 0.225 e. The predicted molar refractivity (Wildman–Crippen MR) is 96.4 cm³/mol. The molecule has 2 N–H and O–H groups in total. The molecule has 2 aromatic heterocycles. The van der Waals surface area contributed by atoms with Crippen LogP contribution >= 0.6 is 11.3 Å². The van der Waals surface area contributed by atoms with Crippen molar-refractivity contribution in [2.24, 2.45) is 5.92 Å². The van der Waals surface area contributed by atoms with Crippen LogP contribution in [0, 0.1) is 5.92 Å². The maximum absolute atomic E-state index is 12.7. The standard InChI is InChI=1S/C17H23N5OS/c23-16(21-13-3-6-18-7-4-13)12-2-1-8-22(10-12)15-14-5-9-24-17(14)20-11-19-15/h5,9,11-13,18H,1-4,6-8,10H2,(H,21,23). The van der Waals surface area contributed by atoms with E-state index in [1.807, 2.05) is 5.38 Å². The number of amides is 1. The Labute approximate surface area is 145 Å². The number of thiophene rings is 1. The molecule has 0 bridgehead atoms. The highest BCUT2D eigenvalue weighted by Gasteiger charge is 2.29. The van der Waals surface area contributed by atoms with Crippen molar-refractivity contribution in [1.82, 2.24) is 20.6 Å². The maximum atomic E-state index is 12.7. The minimum atomic E-state index is 0.0530. The molecule has 128 valence electrons. The molecular weight excluding hydrogens is 322 g/mol. The largest absolute Gasteiger partial charge is 0.355 e. The number of aromatic nitrogens is 2. The van der Waals surface area contributed by atoms with Gasteiger partial charge in [-0.3, -0.25) is 4.79 Å². The average molecular weight is 345 g/mol. The summed E-state index contributed by atoms with van der Waals surface area (Å²) in [5, 5.41) is 9.74. The van der Waals surface area contributed by atoms with E-state index in [1.54, 1.807) is 17.7 Å². The summed E-state index contributed by atoms with van der Waals surface area (Å²) in [5.41, 5.74) is 0. The lowest BCUT2D eigenvalue weighted by molar-refractivity contribution is -0.126. The summed E-state index contributed by atoms with van der Waals surface area (Å²) in [5.74, 6) is 1.24. The van der Waals surface area contributed by atoms with Gasteiger partial charge in [0, 0.05) is 19.1 Å². The van der Waals surface area contributed by atoms with Crippen molar-refractivity contribution < 1.29 is 4.79 Å². The zero-order valence-corrected chi connectivity index (χ0v) is 14.5. The first-order valence-corrected chi connectivity index (χ1v) is 9.63. The number of piperidine rings is 2. The van der Waals surface area contributed by atoms with Crippen molar-refractivity contribution in [2.45, 2.75) is 31.7 Å². The Morgan fingerprint density at radius 2 is 2.17 bits per heavy atom. The van der Waals surface area contributed by atoms with Gasteiger partial charge in [-0.2, -0.15) is 0 Å². The SMILES string of the molecule is O=C(NC1CCNCC1)C1CCCN(c2ncnc3sccc23)C1. The fourth-order valence-corrected chi connectivity index (χ4v) is 4.43. The molecule has 0 saturated carbocycles. The summed E-state index contributed by atoms with van der Waals surface area (Å²) in [7, 11) is 0. The van der Waals surface area contributed by atoms with Crippen LogP contribution < -0.4 is 15.5 Å². The molecule has 4 heterocycles. The molecule has 24 heavy (non-hydrogen) atoms. The summed E-state index contributed by atoms with van der Waals surface area (Å²) in [6, 6.07) is 2.41. The van der Waals surface area contributed by atoms with Crippen LogP contribution in [0.5, 0.6) is 0 Å². The first-order valence-electron chi connectivity index (χ1n) is 8.75. The number of hydrogen-bond acceptors (Lipinski definition) is 6. The van der Waals surface area contributed by atoms with E-state index in [0.29, 0.717) is 6.04 Å². The van der Waals surface area contributed by atoms with Crippen LogP contribution in [-0.4, -0.2) is 48.1 Å². The third kappa shape index (κ3) is 3.23. The van der Waals surface area contributed by atoms with Crippen LogP contribution in [0.2, 0.25) is 0 Å². The van der Waals surface area contributed by atoms with Crippen molar-refractivity contribution in [3.05, 3.63) is 17.8 Å². The average Bonchev–Trinajstić information content (AvgIpc) is 3.11. The van der Waals surface area contributed by atoms with E-state index >= 15 is 0 Å². The number of carbonyl (C=O) groups excluding carboxylic acids is 1. The highest BCUT2D eigenvalue weighted by atomic mass is 32.1. The van der Waals surface area contributed by atoms with Crippen LogP contribution in [0.3, 0.4) is 0 Å². The molecule has 2 fully saturated rings. The van der Waals surface area contributed by atoms with Crippen LogP contribution in [-0.2, 0) is 4.79 Å². The number of fused-ring (bicyclic) bond motifs is 1. The first kappa shape index (κ1) is 15.8. The molecule has 2 aromatic rings. The Balaban J connectivity index is 1.45. The van der Waals surface area contributed by atoms with E-state index < -0.39 is 0 Å². The molecule has 1 atom stereocenters. The Hall–Kier alpha value is -1.73. The zero-order chi connectivity index (χ0) is 16.4. The molecule has 2 aliphatic rings. The fourth-order valence-electron chi connectivity index (χ4n) is 3.70. The van der Waals surface area contributed by atoms with Gasteiger partial charge in [0.1, 0.15) is 17.0 Å². The highest BCUT2D eigenvalue weighted by molar-refractivity contribution is 7.16. The quantitative estimate of drug-likeness (QED) is 0.887. The fraction of sp³-hybridized carbons (Fsp3) is 0.588. The number of nitrogens with zero attached hydrogens (tertiary/aromatic N) is 3. The van der Waals surface area contributed by atoms with E-state index in [-0.39, 0.29) is 11.8 Å². The van der Waals surface area contributed by atoms with E-state index in [9.17, 15) is 4.79 Å². The van der Waals surface area contributed by atoms with Crippen LogP contribution in [0.1, 0.15) is 25.7 Å². The zero-order valence-electron chi connectivity index (χ0n) is 13.7. The van der Waals surface area contributed by atoms with E-state index in [4.69, 9.17) is 0 Å². The van der Waals surface area contributed by atoms with Crippen molar-refractivity contribution in [3.8, 4) is 0 Å². The number of hydrogen-bond donors (Lipinski definition) is 2. The lowest BCUT2D eigenvalue weighted by atomic mass is 9.95. The van der Waals surface area contributed by atoms with Crippen molar-refractivity contribution in [1.29, 1.82) is 0 Å². The van der Waals surface area contributed by atoms with Gasteiger partial charge in [-0.15, -0.1) is 11.3 Å². The molecule has 2 saturated heterocycles. The van der Waals surface area contributed by atoms with Gasteiger partial charge < -0.3 is 15.5 Å². The molecule has 6 nitrogen and oxygen atoms in total. The molecule has 0 aromatic carbocycles. The topological polar surface area (TPSA) is 70.2 Å². The molecule has 4 rings (SSSR count). The minimum absolute atomic E-state index is 0.0530. The van der Waals surface area contributed by atoms with Gasteiger partial charge in [-0.05, 0) is 50.2 Å². The van der Waals surface area contributed by atoms with Crippen molar-refractivity contribution in [2.75, 3.05) is 31.1 Å². The van der Waals surface area contributed by atoms with Gasteiger partial charge in [0.25, 0.3) is 0 Å². The number of nitrogens with one attached hydrogen (secondary N) is 2. The van der Waals surface area contributed by atoms with Crippen molar-refractivity contribution in [3.63, 3.8) is 0 Å². The Morgan fingerprint density at radius 1 is 1.29 bits per heavy atom. The number of rotatable bonds is 3. The summed E-state index contributed by atoms with van der Waals surface area (Å²) >= 11 is 1.63. The van der Waals surface area contributed by atoms with Gasteiger partial charge in [-0.25, -0.2) is 9.97 Å². The van der Waals surface area contributed by atoms with E-state index in [2.05, 4.69) is 31.6 Å². The van der Waals surface area contributed by atoms with E-state index in [1.165, 1.54) is 0 Å². The van der Waals surface area contributed by atoms with Gasteiger partial charge in [0.15, 0.2) is 0 Å². The third-order valence-electron chi connectivity index (χ3n) is 5.02. The molecule has 0 aliphatic carbocycles. The summed E-state index contributed by atoms with van der Waals surface area (Å²) in [6.07, 6.45) is 5.69. The maximum Gasteiger partial charge on any atom is 0.225 e. The van der Waals surface area contributed by atoms with Gasteiger partial charge in [0.2, 0.25) is 5.91 Å². The lowest BCUT2D eigenvalue weighted by Gasteiger charge is -2.34. The van der Waals surface area contributed by atoms with Gasteiger partial charge in [-0.1, -0.05) is 0 Å². The monoisotopic (exact) mass is 345 g/mol. The van der Waals surface area contributed by atoms with Crippen molar-refractivity contribution >= 4 is 33.3 Å². The van der Waals surface area contributed by atoms with E-state index in [0.717, 1.165) is 67.9 Å². The molecule has 2 aliphatic heterocycles. The Bertz CT molecular complexity index is 712. The molecule has 0 radical (unpaired) electrons. The number of anilines is 1. The Morgan fingerprint density at radius 3 is 3.04 bits per heavy atom. The number of carbonyl (C=O) groups is 1. The summed E-state index contributed by atoms with van der Waals surface area (Å²) in [6.45, 7) is 3.70. The molecule has 1 unspecified atom stereocenters. The lowest BCUT2D eigenvalue weighted by Crippen LogP contribution is -2.48. The van der Waals surface area contributed by atoms with Crippen LogP contribution in [0.15, 0.2) is 17.8 Å². The molecule has 0 spiro atoms. The van der Waals surface area contributed by atoms with Gasteiger partial charge >= 0.3 is 0 Å². The normalized spacial score (nSPS) is 22.7. The second-order valence-corrected chi connectivity index (χ2v) is 7.55. The third-order valence-corrected chi connectivity index (χ3v) is 5.84. The molecule has 1 amide bonds. The summed E-state index contributed by atoms with van der Waals surface area (Å²) < 4.78 is 0. The van der Waals surface area contributed by atoms with Crippen LogP contribution in [0.25, 0.3) is 10.2 Å². The van der Waals surface area contributed by atoms with Crippen LogP contribution in [0.4, 0.5) is 5.82 Å². The highest BCUT2D eigenvalue weighted by Crippen LogP contribution is 2.30. The first-order chi connectivity index (χ1) is 11.8. The molecule has 7 heteroatoms. The second-order valence-electron chi connectivity index (χ2n) is 6.65. The predicted octanol–water partition coefficient (Wildman–Crippen LogP) is 1.78. The molecular formula is C17H23N5OS.